The van der Waals surface area contributed by atoms with Crippen LogP contribution >= 0.6 is 30.3 Å². The van der Waals surface area contributed by atoms with Gasteiger partial charge in [-0.05, 0) is 35.1 Å². The Kier molecular flexibility index (Phi) is 7.77. The Morgan fingerprint density at radius 3 is 2.03 bits per heavy atom. The Bertz CT molecular complexity index is 1290. The Balaban J connectivity index is 2.29. The van der Waals surface area contributed by atoms with Crippen LogP contribution in [0.2, 0.25) is 10.0 Å². The van der Waals surface area contributed by atoms with E-state index in [1.165, 1.54) is 19.2 Å². The van der Waals surface area contributed by atoms with Crippen molar-refractivity contribution in [2.24, 2.45) is 0 Å². The fourth-order valence-corrected chi connectivity index (χ4v) is 6.95. The zero-order chi connectivity index (χ0) is 25.3. The maximum absolute atomic E-state index is 14.8. The first-order valence-electron chi connectivity index (χ1n) is 10.9. The smallest absolute Gasteiger partial charge is 0.249 e. The Hall–Kier alpha value is -2.39. The monoisotopic (exact) mass is 516 g/mol. The molecular formula is C27H27Cl2O4P. The van der Waals surface area contributed by atoms with E-state index in [-0.39, 0.29) is 37.6 Å². The molecule has 0 spiro atoms. The van der Waals surface area contributed by atoms with Crippen LogP contribution < -0.4 is 10.0 Å². The zero-order valence-corrected chi connectivity index (χ0v) is 22.2. The fraction of sp³-hybridized carbons (Fsp3) is 0.259. The lowest BCUT2D eigenvalue weighted by Gasteiger charge is -2.22. The van der Waals surface area contributed by atoms with Crippen molar-refractivity contribution in [1.29, 1.82) is 0 Å². The summed E-state index contributed by atoms with van der Waals surface area (Å²) in [5.74, 6) is -0.00995. The lowest BCUT2D eigenvalue weighted by Crippen LogP contribution is -2.24. The second kappa shape index (κ2) is 10.1. The number of aryl methyl sites for hydroxylation is 1. The van der Waals surface area contributed by atoms with Crippen molar-refractivity contribution in [3.05, 3.63) is 93.0 Å². The van der Waals surface area contributed by atoms with Gasteiger partial charge in [0.25, 0.3) is 0 Å². The molecule has 178 valence electrons. The van der Waals surface area contributed by atoms with Gasteiger partial charge in [-0.25, -0.2) is 0 Å². The molecule has 0 N–H and O–H groups in total. The molecule has 0 saturated carbocycles. The number of hydrogen-bond donors (Lipinski definition) is 0. The number of rotatable bonds is 7. The molecule has 7 heteroatoms. The van der Waals surface area contributed by atoms with Gasteiger partial charge in [-0.3, -0.25) is 9.59 Å². The Labute approximate surface area is 210 Å². The van der Waals surface area contributed by atoms with Gasteiger partial charge in [0.2, 0.25) is 18.2 Å². The number of halogens is 2. The first-order valence-corrected chi connectivity index (χ1v) is 13.3. The molecule has 0 heterocycles. The number of carbonyl (C=O) groups is 2. The maximum Gasteiger partial charge on any atom is 0.249 e. The van der Waals surface area contributed by atoms with Gasteiger partial charge in [-0.1, -0.05) is 99.4 Å². The summed E-state index contributed by atoms with van der Waals surface area (Å²) in [6.45, 7) is 8.05. The van der Waals surface area contributed by atoms with Crippen LogP contribution in [0, 0.1) is 0 Å². The molecule has 1 unspecified atom stereocenters. The van der Waals surface area contributed by atoms with Gasteiger partial charge >= 0.3 is 0 Å². The predicted molar refractivity (Wildman–Crippen MR) is 140 cm³/mol. The third-order valence-corrected chi connectivity index (χ3v) is 9.11. The normalized spacial score (nSPS) is 13.3. The van der Waals surface area contributed by atoms with Crippen molar-refractivity contribution in [2.75, 3.05) is 7.11 Å². The molecule has 3 rings (SSSR count). The minimum Gasteiger partial charge on any atom is -0.494 e. The number of hydrogen-bond acceptors (Lipinski definition) is 4. The van der Waals surface area contributed by atoms with Crippen molar-refractivity contribution in [1.82, 2.24) is 0 Å². The predicted octanol–water partition coefficient (Wildman–Crippen LogP) is 7.53. The SMILES string of the molecule is CCc1ccccc1P(=O)(C(=O)c1ccc(C(C)(C)C)cc1)C(=O)c1c(Cl)ccc(Cl)c1OC. The second-order valence-electron chi connectivity index (χ2n) is 8.97. The van der Waals surface area contributed by atoms with Crippen LogP contribution in [0.3, 0.4) is 0 Å². The summed E-state index contributed by atoms with van der Waals surface area (Å²) in [6.07, 6.45) is 0.490. The highest BCUT2D eigenvalue weighted by atomic mass is 35.5. The van der Waals surface area contributed by atoms with Gasteiger partial charge in [0.1, 0.15) is 5.75 Å². The van der Waals surface area contributed by atoms with Gasteiger partial charge in [0, 0.05) is 10.9 Å². The van der Waals surface area contributed by atoms with E-state index in [0.717, 1.165) is 5.56 Å². The molecule has 0 bridgehead atoms. The highest BCUT2D eigenvalue weighted by Gasteiger charge is 2.46. The summed E-state index contributed by atoms with van der Waals surface area (Å²) in [7, 11) is -3.06. The van der Waals surface area contributed by atoms with Crippen molar-refractivity contribution >= 4 is 46.7 Å². The summed E-state index contributed by atoms with van der Waals surface area (Å²) in [4.78, 5) is 27.9. The van der Waals surface area contributed by atoms with E-state index < -0.39 is 18.2 Å². The second-order valence-corrected chi connectivity index (χ2v) is 12.3. The lowest BCUT2D eigenvalue weighted by atomic mass is 9.87. The quantitative estimate of drug-likeness (QED) is 0.304. The number of methoxy groups -OCH3 is 1. The van der Waals surface area contributed by atoms with Crippen molar-refractivity contribution in [2.45, 2.75) is 39.5 Å². The number of benzene rings is 3. The van der Waals surface area contributed by atoms with Gasteiger partial charge in [-0.15, -0.1) is 0 Å². The summed E-state index contributed by atoms with van der Waals surface area (Å²) in [5, 5.41) is 0.342. The van der Waals surface area contributed by atoms with Crippen LogP contribution in [0.25, 0.3) is 0 Å². The topological polar surface area (TPSA) is 60.4 Å². The maximum atomic E-state index is 14.8. The molecule has 0 aromatic heterocycles. The molecule has 0 aliphatic rings. The highest BCUT2D eigenvalue weighted by molar-refractivity contribution is 8.01. The van der Waals surface area contributed by atoms with E-state index in [4.69, 9.17) is 27.9 Å². The minimum absolute atomic E-state index is 0.00995. The molecule has 34 heavy (non-hydrogen) atoms. The fourth-order valence-electron chi connectivity index (χ4n) is 3.81. The average molecular weight is 517 g/mol. The lowest BCUT2D eigenvalue weighted by molar-refractivity contribution is 0.103. The summed E-state index contributed by atoms with van der Waals surface area (Å²) >= 11 is 12.6. The number of ether oxygens (including phenoxy) is 1. The van der Waals surface area contributed by atoms with Crippen molar-refractivity contribution < 1.29 is 18.9 Å². The summed E-state index contributed by atoms with van der Waals surface area (Å²) in [5.41, 5.74) is -0.0926. The van der Waals surface area contributed by atoms with E-state index in [1.54, 1.807) is 36.4 Å². The largest absolute Gasteiger partial charge is 0.494 e. The molecule has 3 aromatic rings. The van der Waals surface area contributed by atoms with E-state index >= 15 is 0 Å². The Morgan fingerprint density at radius 1 is 0.882 bits per heavy atom. The van der Waals surface area contributed by atoms with Crippen molar-refractivity contribution in [3.63, 3.8) is 0 Å². The van der Waals surface area contributed by atoms with E-state index in [1.807, 2.05) is 19.1 Å². The molecule has 1 atom stereocenters. The molecular weight excluding hydrogens is 490 g/mol. The molecule has 0 radical (unpaired) electrons. The first-order chi connectivity index (χ1) is 16.0. The van der Waals surface area contributed by atoms with Gasteiger partial charge < -0.3 is 9.30 Å². The van der Waals surface area contributed by atoms with Gasteiger partial charge in [-0.2, -0.15) is 0 Å². The molecule has 4 nitrogen and oxygen atoms in total. The zero-order valence-electron chi connectivity index (χ0n) is 19.8. The standard InChI is InChI=1S/C27H27Cl2O4P/c1-6-17-9-7-8-10-22(17)34(32,25(30)18-11-13-19(14-12-18)27(2,3)4)26(31)23-20(28)15-16-21(29)24(23)33-5/h7-16H,6H2,1-5H3. The van der Waals surface area contributed by atoms with E-state index in [9.17, 15) is 14.2 Å². The summed E-state index contributed by atoms with van der Waals surface area (Å²) in [6, 6.07) is 16.6. The average Bonchev–Trinajstić information content (AvgIpc) is 2.83. The first kappa shape index (κ1) is 26.2. The highest BCUT2D eigenvalue weighted by Crippen LogP contribution is 2.54. The molecule has 0 amide bonds. The molecule has 0 fully saturated rings. The van der Waals surface area contributed by atoms with E-state index in [2.05, 4.69) is 20.8 Å². The van der Waals surface area contributed by atoms with E-state index in [0.29, 0.717) is 12.0 Å². The van der Waals surface area contributed by atoms with Gasteiger partial charge in [0.15, 0.2) is 0 Å². The van der Waals surface area contributed by atoms with Gasteiger partial charge in [0.05, 0.1) is 22.7 Å². The molecule has 0 aliphatic carbocycles. The van der Waals surface area contributed by atoms with Crippen molar-refractivity contribution in [3.8, 4) is 5.75 Å². The molecule has 3 aromatic carbocycles. The van der Waals surface area contributed by atoms with Crippen LogP contribution in [0.5, 0.6) is 5.75 Å². The van der Waals surface area contributed by atoms with Crippen LogP contribution in [0.15, 0.2) is 60.7 Å². The minimum atomic E-state index is -4.40. The third-order valence-electron chi connectivity index (χ3n) is 5.76. The summed E-state index contributed by atoms with van der Waals surface area (Å²) < 4.78 is 20.1. The number of carbonyl (C=O) groups excluding carboxylic acids is 2. The van der Waals surface area contributed by atoms with Crippen LogP contribution in [-0.2, 0) is 16.4 Å². The molecule has 0 aliphatic heterocycles. The third kappa shape index (κ3) is 4.73. The van der Waals surface area contributed by atoms with Crippen LogP contribution in [0.1, 0.15) is 59.5 Å². The van der Waals surface area contributed by atoms with Crippen LogP contribution in [-0.4, -0.2) is 18.2 Å². The Morgan fingerprint density at radius 2 is 1.47 bits per heavy atom. The van der Waals surface area contributed by atoms with Crippen LogP contribution in [0.4, 0.5) is 0 Å². The molecule has 0 saturated heterocycles.